The maximum Gasteiger partial charge on any atom is 0.237 e. The van der Waals surface area contributed by atoms with Gasteiger partial charge in [-0.1, -0.05) is 12.1 Å². The second kappa shape index (κ2) is 8.08. The van der Waals surface area contributed by atoms with Crippen molar-refractivity contribution in [3.63, 3.8) is 0 Å². The van der Waals surface area contributed by atoms with E-state index in [9.17, 15) is 9.18 Å². The van der Waals surface area contributed by atoms with Gasteiger partial charge in [0.15, 0.2) is 0 Å². The van der Waals surface area contributed by atoms with Gasteiger partial charge in [0.2, 0.25) is 5.91 Å². The number of piperidine rings is 1. The van der Waals surface area contributed by atoms with Crippen molar-refractivity contribution in [3.8, 4) is 0 Å². The Morgan fingerprint density at radius 2 is 2.12 bits per heavy atom. The molecule has 0 aliphatic carbocycles. The molecule has 132 valence electrons. The Hall–Kier alpha value is -1.46. The van der Waals surface area contributed by atoms with Crippen LogP contribution in [0.15, 0.2) is 24.3 Å². The average Bonchev–Trinajstić information content (AvgIpc) is 3.15. The summed E-state index contributed by atoms with van der Waals surface area (Å²) < 4.78 is 13.1. The van der Waals surface area contributed by atoms with Crippen molar-refractivity contribution >= 4 is 5.91 Å². The molecular weight excluding hydrogens is 305 g/mol. The molecule has 0 radical (unpaired) electrons. The standard InChI is InChI=1S/C19H28FN3O/c1-14(16-6-8-17(20)9-7-16)23-11-3-4-15(13-23)12-22-19(24)18-5-2-10-21-18/h6-9,14-15,18,21H,2-5,10-13H2,1H3,(H,22,24). The maximum atomic E-state index is 13.1. The Kier molecular flexibility index (Phi) is 5.85. The lowest BCUT2D eigenvalue weighted by atomic mass is 9.95. The van der Waals surface area contributed by atoms with Gasteiger partial charge >= 0.3 is 0 Å². The van der Waals surface area contributed by atoms with Crippen LogP contribution < -0.4 is 10.6 Å². The second-order valence-electron chi connectivity index (χ2n) is 7.12. The van der Waals surface area contributed by atoms with E-state index in [1.807, 2.05) is 12.1 Å². The molecule has 5 heteroatoms. The molecule has 3 unspecified atom stereocenters. The largest absolute Gasteiger partial charge is 0.354 e. The van der Waals surface area contributed by atoms with Gasteiger partial charge in [-0.3, -0.25) is 9.69 Å². The Bertz CT molecular complexity index is 542. The molecule has 24 heavy (non-hydrogen) atoms. The SMILES string of the molecule is CC(c1ccc(F)cc1)N1CCCC(CNC(=O)C2CCCN2)C1. The second-order valence-corrected chi connectivity index (χ2v) is 7.12. The highest BCUT2D eigenvalue weighted by Crippen LogP contribution is 2.26. The van der Waals surface area contributed by atoms with Gasteiger partial charge in [0.25, 0.3) is 0 Å². The topological polar surface area (TPSA) is 44.4 Å². The summed E-state index contributed by atoms with van der Waals surface area (Å²) in [5.74, 6) is 0.453. The van der Waals surface area contributed by atoms with Crippen molar-refractivity contribution in [1.82, 2.24) is 15.5 Å². The average molecular weight is 333 g/mol. The van der Waals surface area contributed by atoms with Crippen LogP contribution in [0.3, 0.4) is 0 Å². The van der Waals surface area contributed by atoms with E-state index in [2.05, 4.69) is 22.5 Å². The van der Waals surface area contributed by atoms with Crippen molar-refractivity contribution in [3.05, 3.63) is 35.6 Å². The van der Waals surface area contributed by atoms with Gasteiger partial charge in [-0.05, 0) is 69.3 Å². The number of benzene rings is 1. The molecule has 0 spiro atoms. The minimum Gasteiger partial charge on any atom is -0.354 e. The molecule has 0 aromatic heterocycles. The molecule has 2 N–H and O–H groups in total. The summed E-state index contributed by atoms with van der Waals surface area (Å²) in [6.45, 7) is 5.93. The summed E-state index contributed by atoms with van der Waals surface area (Å²) in [6.07, 6.45) is 4.34. The highest BCUT2D eigenvalue weighted by atomic mass is 19.1. The van der Waals surface area contributed by atoms with Gasteiger partial charge in [0.05, 0.1) is 6.04 Å². The number of amides is 1. The Balaban J connectivity index is 1.50. The van der Waals surface area contributed by atoms with Crippen LogP contribution >= 0.6 is 0 Å². The van der Waals surface area contributed by atoms with Crippen LogP contribution in [0, 0.1) is 11.7 Å². The number of nitrogens with one attached hydrogen (secondary N) is 2. The molecule has 2 aliphatic rings. The maximum absolute atomic E-state index is 13.1. The third kappa shape index (κ3) is 4.33. The molecule has 0 saturated carbocycles. The van der Waals surface area contributed by atoms with Crippen LogP contribution in [0.5, 0.6) is 0 Å². The number of nitrogens with zero attached hydrogens (tertiary/aromatic N) is 1. The van der Waals surface area contributed by atoms with Gasteiger partial charge in [0, 0.05) is 19.1 Å². The molecule has 1 amide bonds. The Morgan fingerprint density at radius 3 is 2.83 bits per heavy atom. The highest BCUT2D eigenvalue weighted by molar-refractivity contribution is 5.81. The number of likely N-dealkylation sites (tertiary alicyclic amines) is 1. The fourth-order valence-corrected chi connectivity index (χ4v) is 3.84. The Labute approximate surface area is 143 Å². The van der Waals surface area contributed by atoms with E-state index in [1.165, 1.54) is 12.1 Å². The lowest BCUT2D eigenvalue weighted by Crippen LogP contribution is -2.45. The van der Waals surface area contributed by atoms with Crippen molar-refractivity contribution in [2.24, 2.45) is 5.92 Å². The summed E-state index contributed by atoms with van der Waals surface area (Å²) in [5, 5.41) is 6.37. The van der Waals surface area contributed by atoms with E-state index in [0.717, 1.165) is 57.4 Å². The molecule has 2 saturated heterocycles. The molecule has 0 bridgehead atoms. The van der Waals surface area contributed by atoms with E-state index >= 15 is 0 Å². The molecule has 4 nitrogen and oxygen atoms in total. The van der Waals surface area contributed by atoms with Crippen molar-refractivity contribution in [2.75, 3.05) is 26.2 Å². The predicted octanol–water partition coefficient (Wildman–Crippen LogP) is 2.47. The third-order valence-electron chi connectivity index (χ3n) is 5.39. The molecule has 3 rings (SSSR count). The number of carbonyl (C=O) groups excluding carboxylic acids is 1. The smallest absolute Gasteiger partial charge is 0.237 e. The minimum absolute atomic E-state index is 0.00262. The summed E-state index contributed by atoms with van der Waals surface area (Å²) in [7, 11) is 0. The molecular formula is C19H28FN3O. The monoisotopic (exact) mass is 333 g/mol. The van der Waals surface area contributed by atoms with Gasteiger partial charge in [-0.2, -0.15) is 0 Å². The van der Waals surface area contributed by atoms with Crippen LogP contribution in [0.2, 0.25) is 0 Å². The first-order valence-corrected chi connectivity index (χ1v) is 9.14. The van der Waals surface area contributed by atoms with Crippen molar-refractivity contribution in [1.29, 1.82) is 0 Å². The minimum atomic E-state index is -0.189. The van der Waals surface area contributed by atoms with Gasteiger partial charge in [-0.25, -0.2) is 4.39 Å². The number of hydrogen-bond acceptors (Lipinski definition) is 3. The quantitative estimate of drug-likeness (QED) is 0.870. The molecule has 2 fully saturated rings. The number of carbonyl (C=O) groups is 1. The zero-order chi connectivity index (χ0) is 16.9. The Morgan fingerprint density at radius 1 is 1.33 bits per heavy atom. The van der Waals surface area contributed by atoms with Crippen LogP contribution in [-0.4, -0.2) is 43.0 Å². The summed E-state index contributed by atoms with van der Waals surface area (Å²) >= 11 is 0. The van der Waals surface area contributed by atoms with E-state index < -0.39 is 0 Å². The molecule has 2 aliphatic heterocycles. The molecule has 2 heterocycles. The van der Waals surface area contributed by atoms with Crippen LogP contribution in [0.4, 0.5) is 4.39 Å². The highest BCUT2D eigenvalue weighted by Gasteiger charge is 2.26. The van der Waals surface area contributed by atoms with Crippen LogP contribution in [-0.2, 0) is 4.79 Å². The van der Waals surface area contributed by atoms with Gasteiger partial charge < -0.3 is 10.6 Å². The lowest BCUT2D eigenvalue weighted by molar-refractivity contribution is -0.123. The molecule has 1 aromatic carbocycles. The summed E-state index contributed by atoms with van der Waals surface area (Å²) in [4.78, 5) is 14.6. The van der Waals surface area contributed by atoms with Gasteiger partial charge in [-0.15, -0.1) is 0 Å². The van der Waals surface area contributed by atoms with E-state index in [0.29, 0.717) is 5.92 Å². The zero-order valence-corrected chi connectivity index (χ0v) is 14.4. The molecule has 1 aromatic rings. The fraction of sp³-hybridized carbons (Fsp3) is 0.632. The van der Waals surface area contributed by atoms with E-state index in [4.69, 9.17) is 0 Å². The van der Waals surface area contributed by atoms with Crippen LogP contribution in [0.1, 0.15) is 44.2 Å². The summed E-state index contributed by atoms with van der Waals surface area (Å²) in [6, 6.07) is 7.08. The number of hydrogen-bond donors (Lipinski definition) is 2. The lowest BCUT2D eigenvalue weighted by Gasteiger charge is -2.37. The van der Waals surface area contributed by atoms with Crippen molar-refractivity contribution in [2.45, 2.75) is 44.7 Å². The molecule has 3 atom stereocenters. The normalized spacial score (nSPS) is 26.2. The van der Waals surface area contributed by atoms with E-state index in [1.54, 1.807) is 0 Å². The van der Waals surface area contributed by atoms with Crippen molar-refractivity contribution < 1.29 is 9.18 Å². The predicted molar refractivity (Wildman–Crippen MR) is 93.1 cm³/mol. The zero-order valence-electron chi connectivity index (χ0n) is 14.4. The first-order chi connectivity index (χ1) is 11.6. The van der Waals surface area contributed by atoms with E-state index in [-0.39, 0.29) is 23.8 Å². The fourth-order valence-electron chi connectivity index (χ4n) is 3.84. The third-order valence-corrected chi connectivity index (χ3v) is 5.39. The first-order valence-electron chi connectivity index (χ1n) is 9.14. The number of rotatable bonds is 5. The van der Waals surface area contributed by atoms with Crippen LogP contribution in [0.25, 0.3) is 0 Å². The van der Waals surface area contributed by atoms with Gasteiger partial charge in [0.1, 0.15) is 5.82 Å². The summed E-state index contributed by atoms with van der Waals surface area (Å²) in [5.41, 5.74) is 1.15. The number of halogens is 1. The first kappa shape index (κ1) is 17.4.